The number of halogens is 2. The van der Waals surface area contributed by atoms with E-state index in [1.807, 2.05) is 13.8 Å². The number of nitrogens with one attached hydrogen (secondary N) is 1. The lowest BCUT2D eigenvalue weighted by Crippen LogP contribution is -2.30. The second-order valence-electron chi connectivity index (χ2n) is 6.32. The van der Waals surface area contributed by atoms with Crippen LogP contribution in [0, 0.1) is 12.3 Å². The van der Waals surface area contributed by atoms with Crippen LogP contribution >= 0.6 is 23.2 Å². The maximum Gasteiger partial charge on any atom is 0.348 e. The first-order chi connectivity index (χ1) is 11.2. The fraction of sp³-hybridized carbons (Fsp3) is 0.400. The van der Waals surface area contributed by atoms with Crippen LogP contribution in [-0.4, -0.2) is 32.3 Å². The number of aromatic nitrogens is 3. The Morgan fingerprint density at radius 1 is 1.29 bits per heavy atom. The number of hydrogen-bond acceptors (Lipinski definition) is 4. The van der Waals surface area contributed by atoms with Crippen molar-refractivity contribution in [1.82, 2.24) is 19.8 Å². The molecule has 0 aliphatic carbocycles. The Morgan fingerprint density at radius 2 is 2.00 bits per heavy atom. The molecule has 128 valence electrons. The third kappa shape index (κ3) is 2.94. The van der Waals surface area contributed by atoms with Crippen molar-refractivity contribution in [3.63, 3.8) is 0 Å². The maximum absolute atomic E-state index is 12.2. The number of aryl methyl sites for hydroxylation is 1. The predicted octanol–water partition coefficient (Wildman–Crippen LogP) is 2.48. The summed E-state index contributed by atoms with van der Waals surface area (Å²) in [6.07, 6.45) is 0. The van der Waals surface area contributed by atoms with Gasteiger partial charge < -0.3 is 0 Å². The van der Waals surface area contributed by atoms with Crippen molar-refractivity contribution in [1.29, 1.82) is 0 Å². The lowest BCUT2D eigenvalue weighted by molar-refractivity contribution is -0.165. The van der Waals surface area contributed by atoms with E-state index in [4.69, 9.17) is 28.0 Å². The van der Waals surface area contributed by atoms with Crippen LogP contribution < -0.4 is 5.69 Å². The van der Waals surface area contributed by atoms with Gasteiger partial charge in [-0.3, -0.25) is 14.6 Å². The third-order valence-corrected chi connectivity index (χ3v) is 4.43. The zero-order valence-electron chi connectivity index (χ0n) is 13.4. The van der Waals surface area contributed by atoms with E-state index in [2.05, 4.69) is 10.1 Å². The molecule has 0 bridgehead atoms. The Bertz CT molecular complexity index is 872. The number of benzene rings is 1. The molecule has 1 fully saturated rings. The van der Waals surface area contributed by atoms with E-state index < -0.39 is 11.1 Å². The van der Waals surface area contributed by atoms with Gasteiger partial charge in [0.2, 0.25) is 0 Å². The highest BCUT2D eigenvalue weighted by Crippen LogP contribution is 2.32. The van der Waals surface area contributed by atoms with Crippen LogP contribution in [0.25, 0.3) is 5.69 Å². The monoisotopic (exact) mass is 370 g/mol. The molecule has 1 aliphatic rings. The average molecular weight is 371 g/mol. The van der Waals surface area contributed by atoms with Gasteiger partial charge in [0.05, 0.1) is 29.3 Å². The van der Waals surface area contributed by atoms with Crippen LogP contribution in [0.1, 0.15) is 25.2 Å². The van der Waals surface area contributed by atoms with Gasteiger partial charge in [-0.1, -0.05) is 23.2 Å². The van der Waals surface area contributed by atoms with Gasteiger partial charge in [-0.25, -0.2) is 9.86 Å². The van der Waals surface area contributed by atoms with Crippen LogP contribution in [0.2, 0.25) is 10.0 Å². The molecule has 1 N–H and O–H groups in total. The smallest absolute Gasteiger partial charge is 0.293 e. The second kappa shape index (κ2) is 5.91. The summed E-state index contributed by atoms with van der Waals surface area (Å²) in [7, 11) is 0. The predicted molar refractivity (Wildman–Crippen MR) is 89.2 cm³/mol. The van der Waals surface area contributed by atoms with E-state index in [0.29, 0.717) is 33.7 Å². The van der Waals surface area contributed by atoms with Gasteiger partial charge in [0.15, 0.2) is 0 Å². The molecule has 0 spiro atoms. The number of hydrogen-bond donors (Lipinski definition) is 1. The van der Waals surface area contributed by atoms with Crippen LogP contribution in [-0.2, 0) is 16.2 Å². The molecular formula is C15H16Cl2N4O3. The first-order valence-electron chi connectivity index (χ1n) is 7.28. The standard InChI is InChI=1S/C15H16Cl2N4O3/c1-8-18-14(23)21(19-8)12-5-10(16)9(4-11(12)17)6-20-13(22)15(2,3)7-24-20/h4-5H,6-7H2,1-3H3,(H,18,19,23). The van der Waals surface area contributed by atoms with Crippen molar-refractivity contribution in [3.05, 3.63) is 44.1 Å². The van der Waals surface area contributed by atoms with Gasteiger partial charge in [-0.15, -0.1) is 0 Å². The summed E-state index contributed by atoms with van der Waals surface area (Å²) in [6.45, 7) is 5.80. The van der Waals surface area contributed by atoms with Crippen molar-refractivity contribution in [2.75, 3.05) is 6.61 Å². The molecule has 1 saturated heterocycles. The minimum absolute atomic E-state index is 0.113. The molecule has 0 radical (unpaired) electrons. The number of carbonyl (C=O) groups excluding carboxylic acids is 1. The highest BCUT2D eigenvalue weighted by molar-refractivity contribution is 6.35. The normalized spacial score (nSPS) is 16.9. The largest absolute Gasteiger partial charge is 0.348 e. The Kier molecular flexibility index (Phi) is 4.19. The number of H-pyrrole nitrogens is 1. The van der Waals surface area contributed by atoms with E-state index in [9.17, 15) is 9.59 Å². The highest BCUT2D eigenvalue weighted by Gasteiger charge is 2.40. The maximum atomic E-state index is 12.2. The summed E-state index contributed by atoms with van der Waals surface area (Å²) in [6, 6.07) is 3.16. The second-order valence-corrected chi connectivity index (χ2v) is 7.14. The molecule has 1 amide bonds. The van der Waals surface area contributed by atoms with Crippen molar-refractivity contribution in [2.45, 2.75) is 27.3 Å². The zero-order valence-corrected chi connectivity index (χ0v) is 14.9. The third-order valence-electron chi connectivity index (χ3n) is 3.77. The minimum Gasteiger partial charge on any atom is -0.293 e. The fourth-order valence-electron chi connectivity index (χ4n) is 2.42. The summed E-state index contributed by atoms with van der Waals surface area (Å²) in [5.74, 6) is 0.354. The summed E-state index contributed by atoms with van der Waals surface area (Å²) in [5, 5.41) is 6.01. The van der Waals surface area contributed by atoms with Gasteiger partial charge in [0.1, 0.15) is 5.82 Å². The van der Waals surface area contributed by atoms with E-state index in [0.717, 1.165) is 4.68 Å². The van der Waals surface area contributed by atoms with Gasteiger partial charge >= 0.3 is 5.69 Å². The average Bonchev–Trinajstić information content (AvgIpc) is 2.95. The number of carbonyl (C=O) groups is 1. The lowest BCUT2D eigenvalue weighted by atomic mass is 9.95. The van der Waals surface area contributed by atoms with Crippen LogP contribution in [0.15, 0.2) is 16.9 Å². The molecule has 24 heavy (non-hydrogen) atoms. The Morgan fingerprint density at radius 3 is 2.54 bits per heavy atom. The molecule has 2 heterocycles. The number of aromatic amines is 1. The van der Waals surface area contributed by atoms with Crippen molar-refractivity contribution in [3.8, 4) is 5.69 Å². The number of amides is 1. The molecule has 0 unspecified atom stereocenters. The minimum atomic E-state index is -0.559. The molecular weight excluding hydrogens is 355 g/mol. The molecule has 1 aromatic carbocycles. The molecule has 2 aromatic rings. The molecule has 7 nitrogen and oxygen atoms in total. The first kappa shape index (κ1) is 17.0. The highest BCUT2D eigenvalue weighted by atomic mass is 35.5. The molecule has 3 rings (SSSR count). The Hall–Kier alpha value is -1.83. The van der Waals surface area contributed by atoms with Crippen molar-refractivity contribution in [2.24, 2.45) is 5.41 Å². The first-order valence-corrected chi connectivity index (χ1v) is 8.04. The molecule has 1 aliphatic heterocycles. The summed E-state index contributed by atoms with van der Waals surface area (Å²) < 4.78 is 1.15. The van der Waals surface area contributed by atoms with Crippen molar-refractivity contribution >= 4 is 29.1 Å². The van der Waals surface area contributed by atoms with Crippen LogP contribution in [0.3, 0.4) is 0 Å². The summed E-state index contributed by atoms with van der Waals surface area (Å²) in [5.41, 5.74) is 0.0272. The molecule has 9 heteroatoms. The van der Waals surface area contributed by atoms with E-state index in [-0.39, 0.29) is 12.5 Å². The quantitative estimate of drug-likeness (QED) is 0.899. The van der Waals surface area contributed by atoms with Gasteiger partial charge in [0.25, 0.3) is 5.91 Å². The van der Waals surface area contributed by atoms with Gasteiger partial charge in [-0.05, 0) is 38.5 Å². The van der Waals surface area contributed by atoms with E-state index in [1.54, 1.807) is 19.1 Å². The molecule has 0 atom stereocenters. The zero-order chi connectivity index (χ0) is 17.6. The van der Waals surface area contributed by atoms with Gasteiger partial charge in [-0.2, -0.15) is 9.78 Å². The molecule has 1 aromatic heterocycles. The van der Waals surface area contributed by atoms with Gasteiger partial charge in [0, 0.05) is 5.02 Å². The Labute approximate surface area is 148 Å². The fourth-order valence-corrected chi connectivity index (χ4v) is 2.91. The lowest BCUT2D eigenvalue weighted by Gasteiger charge is -2.18. The molecule has 0 saturated carbocycles. The van der Waals surface area contributed by atoms with E-state index in [1.165, 1.54) is 5.06 Å². The Balaban J connectivity index is 1.92. The van der Waals surface area contributed by atoms with Crippen LogP contribution in [0.4, 0.5) is 0 Å². The number of nitrogens with zero attached hydrogens (tertiary/aromatic N) is 3. The van der Waals surface area contributed by atoms with Crippen LogP contribution in [0.5, 0.6) is 0 Å². The van der Waals surface area contributed by atoms with E-state index >= 15 is 0 Å². The van der Waals surface area contributed by atoms with Crippen molar-refractivity contribution < 1.29 is 9.63 Å². The topological polar surface area (TPSA) is 80.2 Å². The number of rotatable bonds is 3. The summed E-state index contributed by atoms with van der Waals surface area (Å²) in [4.78, 5) is 32.1. The SMILES string of the molecule is Cc1nn(-c2cc(Cl)c(CN3OCC(C)(C)C3=O)cc2Cl)c(=O)[nH]1. The summed E-state index contributed by atoms with van der Waals surface area (Å²) >= 11 is 12.6. The number of hydroxylamine groups is 2.